The minimum absolute atomic E-state index is 0.0421. The number of nitrogens with one attached hydrogen (secondary N) is 1. The number of piperidine rings is 1. The van der Waals surface area contributed by atoms with E-state index in [-0.39, 0.29) is 52.3 Å². The van der Waals surface area contributed by atoms with Crippen molar-refractivity contribution in [1.82, 2.24) is 14.5 Å². The van der Waals surface area contributed by atoms with E-state index < -0.39 is 10.0 Å². The maximum Gasteiger partial charge on any atom is 0.246 e. The molecule has 0 aliphatic carbocycles. The van der Waals surface area contributed by atoms with E-state index in [0.29, 0.717) is 32.4 Å². The second kappa shape index (κ2) is 11.3. The molecule has 30 heavy (non-hydrogen) atoms. The van der Waals surface area contributed by atoms with Gasteiger partial charge >= 0.3 is 0 Å². The van der Waals surface area contributed by atoms with Gasteiger partial charge in [0.15, 0.2) is 0 Å². The van der Waals surface area contributed by atoms with Crippen LogP contribution >= 0.6 is 23.2 Å². The van der Waals surface area contributed by atoms with Gasteiger partial charge in [-0.3, -0.25) is 9.59 Å². The summed E-state index contributed by atoms with van der Waals surface area (Å²) >= 11 is 12.1. The van der Waals surface area contributed by atoms with E-state index in [1.807, 2.05) is 0 Å². The van der Waals surface area contributed by atoms with Crippen molar-refractivity contribution >= 4 is 45.0 Å². The van der Waals surface area contributed by atoms with Crippen LogP contribution in [-0.2, 0) is 24.3 Å². The molecular formula is C19H27Cl2N3O5S. The quantitative estimate of drug-likeness (QED) is 0.546. The summed E-state index contributed by atoms with van der Waals surface area (Å²) in [6.45, 7) is 1.35. The highest BCUT2D eigenvalue weighted by Gasteiger charge is 2.35. The molecule has 1 heterocycles. The zero-order valence-electron chi connectivity index (χ0n) is 17.1. The lowest BCUT2D eigenvalue weighted by molar-refractivity contribution is -0.139. The average molecular weight is 480 g/mol. The number of nitrogens with zero attached hydrogens (tertiary/aromatic N) is 2. The number of likely N-dealkylation sites (N-methyl/N-ethyl adjacent to an activating group) is 1. The third-order valence-electron chi connectivity index (χ3n) is 4.92. The molecule has 0 spiro atoms. The third-order valence-corrected chi connectivity index (χ3v) is 7.78. The first-order valence-electron chi connectivity index (χ1n) is 9.63. The Labute approximate surface area is 187 Å². The summed E-state index contributed by atoms with van der Waals surface area (Å²) in [6, 6.07) is 4.54. The Morgan fingerprint density at radius 2 is 1.83 bits per heavy atom. The fourth-order valence-electron chi connectivity index (χ4n) is 3.31. The van der Waals surface area contributed by atoms with Crippen LogP contribution in [0.4, 0.5) is 0 Å². The lowest BCUT2D eigenvalue weighted by atomic mass is 9.96. The largest absolute Gasteiger partial charge is 0.385 e. The summed E-state index contributed by atoms with van der Waals surface area (Å²) in [5.74, 6) is -0.755. The molecule has 0 atom stereocenters. The molecule has 1 aliphatic rings. The van der Waals surface area contributed by atoms with Crippen molar-refractivity contribution in [2.75, 3.05) is 46.9 Å². The molecule has 0 unspecified atom stereocenters. The molecule has 1 aromatic carbocycles. The SMILES string of the molecule is COCCCNC(=O)CN(C)C(=O)C1CCN(S(=O)(=O)c2c(Cl)cccc2Cl)CC1. The molecule has 0 bridgehead atoms. The van der Waals surface area contributed by atoms with Crippen molar-refractivity contribution in [3.63, 3.8) is 0 Å². The predicted octanol–water partition coefficient (Wildman–Crippen LogP) is 2.01. The molecule has 168 valence electrons. The Morgan fingerprint density at radius 3 is 2.40 bits per heavy atom. The molecule has 2 amide bonds. The molecule has 0 saturated carbocycles. The standard InChI is InChI=1S/C19H27Cl2N3O5S/c1-23(13-17(25)22-9-4-12-29-2)19(26)14-7-10-24(11-8-14)30(27,28)18-15(20)5-3-6-16(18)21/h3,5-6,14H,4,7-13H2,1-2H3,(H,22,25). The summed E-state index contributed by atoms with van der Waals surface area (Å²) < 4.78 is 32.1. The van der Waals surface area contributed by atoms with E-state index in [1.165, 1.54) is 21.3 Å². The number of amides is 2. The minimum atomic E-state index is -3.86. The van der Waals surface area contributed by atoms with Crippen LogP contribution in [-0.4, -0.2) is 76.4 Å². The molecule has 2 rings (SSSR count). The minimum Gasteiger partial charge on any atom is -0.385 e. The third kappa shape index (κ3) is 6.31. The summed E-state index contributed by atoms with van der Waals surface area (Å²) in [4.78, 5) is 25.9. The number of methoxy groups -OCH3 is 1. The molecule has 0 radical (unpaired) electrons. The lowest BCUT2D eigenvalue weighted by Gasteiger charge is -2.32. The maximum atomic E-state index is 12.9. The highest BCUT2D eigenvalue weighted by atomic mass is 35.5. The van der Waals surface area contributed by atoms with Crippen LogP contribution in [0.15, 0.2) is 23.1 Å². The Morgan fingerprint density at radius 1 is 1.23 bits per heavy atom. The first-order valence-corrected chi connectivity index (χ1v) is 11.8. The smallest absolute Gasteiger partial charge is 0.246 e. The Bertz CT molecular complexity index is 837. The second-order valence-electron chi connectivity index (χ2n) is 7.12. The summed E-state index contributed by atoms with van der Waals surface area (Å²) in [6.07, 6.45) is 1.42. The predicted molar refractivity (Wildman–Crippen MR) is 115 cm³/mol. The fourth-order valence-corrected chi connectivity index (χ4v) is 5.87. The molecule has 1 fully saturated rings. The van der Waals surface area contributed by atoms with Gasteiger partial charge in [0.25, 0.3) is 0 Å². The van der Waals surface area contributed by atoms with Crippen molar-refractivity contribution in [2.45, 2.75) is 24.2 Å². The van der Waals surface area contributed by atoms with Crippen LogP contribution in [0, 0.1) is 5.92 Å². The first-order chi connectivity index (χ1) is 14.2. The second-order valence-corrected chi connectivity index (χ2v) is 9.81. The van der Waals surface area contributed by atoms with Gasteiger partial charge in [-0.15, -0.1) is 0 Å². The van der Waals surface area contributed by atoms with Gasteiger partial charge in [-0.05, 0) is 31.4 Å². The lowest BCUT2D eigenvalue weighted by Crippen LogP contribution is -2.45. The van der Waals surface area contributed by atoms with E-state index in [1.54, 1.807) is 20.2 Å². The van der Waals surface area contributed by atoms with Gasteiger partial charge in [0.1, 0.15) is 4.90 Å². The number of sulfonamides is 1. The number of carbonyl (C=O) groups is 2. The topological polar surface area (TPSA) is 96.0 Å². The zero-order valence-corrected chi connectivity index (χ0v) is 19.4. The average Bonchev–Trinajstić information content (AvgIpc) is 2.70. The Kier molecular flexibility index (Phi) is 9.36. The van der Waals surface area contributed by atoms with Crippen LogP contribution < -0.4 is 5.32 Å². The highest BCUT2D eigenvalue weighted by molar-refractivity contribution is 7.89. The normalized spacial score (nSPS) is 15.7. The number of hydrogen-bond acceptors (Lipinski definition) is 5. The molecule has 1 aliphatic heterocycles. The van der Waals surface area contributed by atoms with E-state index >= 15 is 0 Å². The van der Waals surface area contributed by atoms with Crippen LogP contribution in [0.25, 0.3) is 0 Å². The fraction of sp³-hybridized carbons (Fsp3) is 0.579. The number of ether oxygens (including phenoxy) is 1. The molecule has 1 saturated heterocycles. The molecule has 1 aromatic rings. The number of benzene rings is 1. The molecule has 1 N–H and O–H groups in total. The van der Waals surface area contributed by atoms with Gasteiger partial charge in [-0.25, -0.2) is 8.42 Å². The molecule has 11 heteroatoms. The first kappa shape index (κ1) is 24.9. The molecule has 8 nitrogen and oxygen atoms in total. The number of rotatable bonds is 9. The van der Waals surface area contributed by atoms with Crippen LogP contribution in [0.5, 0.6) is 0 Å². The van der Waals surface area contributed by atoms with Crippen LogP contribution in [0.2, 0.25) is 10.0 Å². The van der Waals surface area contributed by atoms with E-state index in [4.69, 9.17) is 27.9 Å². The summed E-state index contributed by atoms with van der Waals surface area (Å²) in [5, 5.41) is 2.87. The number of hydrogen-bond donors (Lipinski definition) is 1. The molecular weight excluding hydrogens is 453 g/mol. The number of halogens is 2. The molecule has 0 aromatic heterocycles. The van der Waals surface area contributed by atoms with Gasteiger partial charge in [-0.1, -0.05) is 29.3 Å². The number of carbonyl (C=O) groups excluding carboxylic acids is 2. The van der Waals surface area contributed by atoms with Crippen molar-refractivity contribution in [1.29, 1.82) is 0 Å². The van der Waals surface area contributed by atoms with Gasteiger partial charge in [-0.2, -0.15) is 4.31 Å². The van der Waals surface area contributed by atoms with E-state index in [0.717, 1.165) is 0 Å². The summed E-state index contributed by atoms with van der Waals surface area (Å²) in [7, 11) is -0.692. The monoisotopic (exact) mass is 479 g/mol. The van der Waals surface area contributed by atoms with Gasteiger partial charge in [0.2, 0.25) is 21.8 Å². The van der Waals surface area contributed by atoms with Crippen molar-refractivity contribution < 1.29 is 22.7 Å². The van der Waals surface area contributed by atoms with Gasteiger partial charge < -0.3 is 15.0 Å². The zero-order chi connectivity index (χ0) is 22.3. The maximum absolute atomic E-state index is 12.9. The van der Waals surface area contributed by atoms with Crippen LogP contribution in [0.3, 0.4) is 0 Å². The van der Waals surface area contributed by atoms with E-state index in [2.05, 4.69) is 5.32 Å². The van der Waals surface area contributed by atoms with Gasteiger partial charge in [0.05, 0.1) is 16.6 Å². The van der Waals surface area contributed by atoms with Crippen molar-refractivity contribution in [2.24, 2.45) is 5.92 Å². The highest BCUT2D eigenvalue weighted by Crippen LogP contribution is 2.33. The van der Waals surface area contributed by atoms with Crippen molar-refractivity contribution in [3.8, 4) is 0 Å². The Hall–Kier alpha value is -1.39. The van der Waals surface area contributed by atoms with E-state index in [9.17, 15) is 18.0 Å². The van der Waals surface area contributed by atoms with Gasteiger partial charge in [0, 0.05) is 46.3 Å². The summed E-state index contributed by atoms with van der Waals surface area (Å²) in [5.41, 5.74) is 0. The Balaban J connectivity index is 1.90. The van der Waals surface area contributed by atoms with Crippen molar-refractivity contribution in [3.05, 3.63) is 28.2 Å². The van der Waals surface area contributed by atoms with Crippen LogP contribution in [0.1, 0.15) is 19.3 Å².